The van der Waals surface area contributed by atoms with E-state index in [9.17, 15) is 53.4 Å². The highest BCUT2D eigenvalue weighted by atomic mass is 32.3. The fourth-order valence-corrected chi connectivity index (χ4v) is 12.8. The number of ether oxygens (including phenoxy) is 1. The van der Waals surface area contributed by atoms with E-state index in [1.54, 1.807) is 0 Å². The van der Waals surface area contributed by atoms with Crippen molar-refractivity contribution < 1.29 is 79.3 Å². The van der Waals surface area contributed by atoms with E-state index in [1.807, 2.05) is 0 Å². The van der Waals surface area contributed by atoms with Gasteiger partial charge in [-0.1, -0.05) is 0 Å². The van der Waals surface area contributed by atoms with Crippen molar-refractivity contribution >= 4 is 30.3 Å². The maximum absolute atomic E-state index is 16.1. The number of rotatable bonds is 10. The van der Waals surface area contributed by atoms with Crippen LogP contribution in [-0.2, 0) is 35.9 Å². The molecule has 5 unspecified atom stereocenters. The SMILES string of the molecule is COc1ccc(S(OS(=O)(=O)C(F)(F)C(F)(F)C2CC3CC2C(O)C3O)(c2ccc(C(F)(F)F)cc2)c2ccc(C(F)(F)F)cc2)cc1S(C)(=O)=O. The van der Waals surface area contributed by atoms with Crippen LogP contribution in [-0.4, -0.2) is 63.8 Å². The van der Waals surface area contributed by atoms with E-state index in [4.69, 9.17) is 8.37 Å². The minimum atomic E-state index is -7.06. The molecular formula is C31H28F10O8S3. The zero-order valence-electron chi connectivity index (χ0n) is 26.5. The number of aliphatic hydroxyl groups excluding tert-OH is 2. The lowest BCUT2D eigenvalue weighted by atomic mass is 9.81. The molecule has 0 radical (unpaired) electrons. The third kappa shape index (κ3) is 6.65. The fourth-order valence-electron chi connectivity index (χ4n) is 6.60. The lowest BCUT2D eigenvalue weighted by Gasteiger charge is -2.42. The molecule has 3 aromatic carbocycles. The Morgan fingerprint density at radius 3 is 1.52 bits per heavy atom. The van der Waals surface area contributed by atoms with Gasteiger partial charge in [-0.3, -0.25) is 0 Å². The van der Waals surface area contributed by atoms with Crippen molar-refractivity contribution in [3.05, 3.63) is 77.9 Å². The number of hydrogen-bond donors (Lipinski definition) is 2. The average molecular weight is 815 g/mol. The molecule has 2 fully saturated rings. The fraction of sp³-hybridized carbons (Fsp3) is 0.419. The van der Waals surface area contributed by atoms with Gasteiger partial charge in [0.25, 0.3) is 0 Å². The van der Waals surface area contributed by atoms with Gasteiger partial charge in [0.05, 0.1) is 30.4 Å². The molecule has 0 aliphatic heterocycles. The molecule has 2 aliphatic rings. The predicted molar refractivity (Wildman–Crippen MR) is 163 cm³/mol. The first kappa shape index (κ1) is 40.1. The van der Waals surface area contributed by atoms with Gasteiger partial charge in [0.15, 0.2) is 9.84 Å². The van der Waals surface area contributed by atoms with Gasteiger partial charge in [-0.15, -0.1) is 0 Å². The largest absolute Gasteiger partial charge is 0.495 e. The molecule has 5 rings (SSSR count). The topological polar surface area (TPSA) is 127 Å². The monoisotopic (exact) mass is 814 g/mol. The molecule has 288 valence electrons. The van der Waals surface area contributed by atoms with Crippen molar-refractivity contribution in [2.24, 2.45) is 17.8 Å². The summed E-state index contributed by atoms with van der Waals surface area (Å²) < 4.78 is 209. The van der Waals surface area contributed by atoms with E-state index >= 15 is 17.6 Å². The second-order valence-electron chi connectivity index (χ2n) is 12.3. The molecule has 52 heavy (non-hydrogen) atoms. The minimum absolute atomic E-state index is 0.340. The van der Waals surface area contributed by atoms with Crippen molar-refractivity contribution in [2.75, 3.05) is 13.4 Å². The molecule has 2 N–H and O–H groups in total. The summed E-state index contributed by atoms with van der Waals surface area (Å²) in [6.07, 6.45) is -14.1. The summed E-state index contributed by atoms with van der Waals surface area (Å²) in [7, 11) is -15.2. The van der Waals surface area contributed by atoms with Gasteiger partial charge in [-0.2, -0.15) is 52.3 Å². The molecule has 2 bridgehead atoms. The molecule has 3 aromatic rings. The molecule has 0 heterocycles. The molecule has 8 nitrogen and oxygen atoms in total. The highest BCUT2D eigenvalue weighted by Crippen LogP contribution is 2.72. The van der Waals surface area contributed by atoms with Crippen molar-refractivity contribution in [3.8, 4) is 5.75 Å². The van der Waals surface area contributed by atoms with Crippen LogP contribution < -0.4 is 4.74 Å². The van der Waals surface area contributed by atoms with Crippen molar-refractivity contribution in [3.63, 3.8) is 0 Å². The van der Waals surface area contributed by atoms with Gasteiger partial charge in [0.2, 0.25) is 0 Å². The Labute approximate surface area is 291 Å². The van der Waals surface area contributed by atoms with Crippen LogP contribution in [0.25, 0.3) is 0 Å². The van der Waals surface area contributed by atoms with E-state index in [-0.39, 0.29) is 6.42 Å². The second-order valence-corrected chi connectivity index (χ2v) is 18.8. The maximum atomic E-state index is 16.1. The van der Waals surface area contributed by atoms with Crippen molar-refractivity contribution in [1.82, 2.24) is 0 Å². The van der Waals surface area contributed by atoms with Gasteiger partial charge in [-0.05, 0) is 102 Å². The third-order valence-electron chi connectivity index (χ3n) is 9.17. The van der Waals surface area contributed by atoms with E-state index in [0.29, 0.717) is 60.9 Å². The highest BCUT2D eigenvalue weighted by Gasteiger charge is 2.74. The number of alkyl halides is 10. The molecule has 0 spiro atoms. The first-order valence-corrected chi connectivity index (χ1v) is 19.7. The van der Waals surface area contributed by atoms with Crippen molar-refractivity contribution in [1.29, 1.82) is 0 Å². The van der Waals surface area contributed by atoms with Gasteiger partial charge >= 0.3 is 33.6 Å². The highest BCUT2D eigenvalue weighted by molar-refractivity contribution is 8.33. The predicted octanol–water partition coefficient (Wildman–Crippen LogP) is 7.29. The number of methoxy groups -OCH3 is 1. The Balaban J connectivity index is 1.81. The van der Waals surface area contributed by atoms with E-state index in [2.05, 4.69) is 0 Å². The summed E-state index contributed by atoms with van der Waals surface area (Å²) in [6, 6.07) is 5.79. The van der Waals surface area contributed by atoms with Gasteiger partial charge < -0.3 is 14.9 Å². The van der Waals surface area contributed by atoms with Crippen LogP contribution in [0.15, 0.2) is 86.3 Å². The van der Waals surface area contributed by atoms with Crippen molar-refractivity contribution in [2.45, 2.75) is 68.2 Å². The maximum Gasteiger partial charge on any atom is 0.432 e. The number of benzene rings is 3. The molecule has 2 saturated carbocycles. The Hall–Kier alpha value is -3.11. The second kappa shape index (κ2) is 13.0. The summed E-state index contributed by atoms with van der Waals surface area (Å²) in [6.45, 7) is 0. The van der Waals surface area contributed by atoms with Gasteiger partial charge in [-0.25, -0.2) is 12.0 Å². The van der Waals surface area contributed by atoms with Crippen LogP contribution in [0.1, 0.15) is 24.0 Å². The summed E-state index contributed by atoms with van der Waals surface area (Å²) in [4.78, 5) is -3.07. The normalized spacial score (nSPS) is 23.5. The van der Waals surface area contributed by atoms with E-state index in [1.165, 1.54) is 0 Å². The van der Waals surface area contributed by atoms with E-state index in [0.717, 1.165) is 19.2 Å². The zero-order valence-corrected chi connectivity index (χ0v) is 28.9. The number of aliphatic hydroxyl groups is 2. The van der Waals surface area contributed by atoms with Crippen LogP contribution in [0.4, 0.5) is 43.9 Å². The summed E-state index contributed by atoms with van der Waals surface area (Å²) in [5.41, 5.74) is -2.75. The standard InChI is InChI=1S/C31H28F10O8S3/c1-48-24-12-11-21(15-25(24)50(2,44)45)51(19-7-3-17(4-8-19)29(34,35)36,20-9-5-18(6-10-20)30(37,38)39)49-52(46,47)31(40,41)28(32,33)23-14-16-13-22(23)27(43)26(16)42/h3-12,15-16,22-23,26-27,42-43H,13-14H2,1-2H3. The minimum Gasteiger partial charge on any atom is -0.495 e. The molecule has 0 saturated heterocycles. The Morgan fingerprint density at radius 1 is 0.673 bits per heavy atom. The number of fused-ring (bicyclic) bond motifs is 2. The lowest BCUT2D eigenvalue weighted by Crippen LogP contribution is -2.55. The Morgan fingerprint density at radius 2 is 1.13 bits per heavy atom. The summed E-state index contributed by atoms with van der Waals surface area (Å²) in [5.74, 6) is -11.2. The average Bonchev–Trinajstić information content (AvgIpc) is 3.62. The van der Waals surface area contributed by atoms with Crippen LogP contribution in [0.5, 0.6) is 5.75 Å². The van der Waals surface area contributed by atoms with Crippen LogP contribution in [0.3, 0.4) is 0 Å². The summed E-state index contributed by atoms with van der Waals surface area (Å²) in [5, 5.41) is 14.0. The number of hydrogen-bond acceptors (Lipinski definition) is 8. The quantitative estimate of drug-likeness (QED) is 0.205. The molecule has 2 aliphatic carbocycles. The smallest absolute Gasteiger partial charge is 0.432 e. The van der Waals surface area contributed by atoms with Gasteiger partial charge in [0.1, 0.15) is 10.6 Å². The van der Waals surface area contributed by atoms with E-state index < -0.39 is 127 Å². The first-order valence-electron chi connectivity index (χ1n) is 14.8. The molecule has 0 aromatic heterocycles. The van der Waals surface area contributed by atoms with Gasteiger partial charge in [0, 0.05) is 26.9 Å². The van der Waals surface area contributed by atoms with Crippen LogP contribution in [0, 0.1) is 17.8 Å². The van der Waals surface area contributed by atoms with Crippen LogP contribution in [0.2, 0.25) is 0 Å². The first-order chi connectivity index (χ1) is 23.7. The molecular weight excluding hydrogens is 787 g/mol. The molecule has 5 atom stereocenters. The lowest BCUT2D eigenvalue weighted by molar-refractivity contribution is -0.214. The molecule has 21 heteroatoms. The molecule has 0 amide bonds. The number of sulfone groups is 1. The van der Waals surface area contributed by atoms with Crippen LogP contribution >= 0.6 is 10.3 Å². The Kier molecular flexibility index (Phi) is 10.0. The Bertz CT molecular complexity index is 1980. The summed E-state index contributed by atoms with van der Waals surface area (Å²) >= 11 is 0. The number of halogens is 10. The third-order valence-corrected chi connectivity index (χ3v) is 15.5. The zero-order chi connectivity index (χ0) is 39.0.